The highest BCUT2D eigenvalue weighted by Crippen LogP contribution is 2.14. The van der Waals surface area contributed by atoms with E-state index in [1.165, 1.54) is 19.1 Å². The number of nitrogens with zero attached hydrogens (tertiary/aromatic N) is 1. The molecule has 2 rings (SSSR count). The number of carbonyl (C=O) groups excluding carboxylic acids is 4. The number of ether oxygens (including phenoxy) is 2. The Balaban J connectivity index is 1.68. The second-order valence-electron chi connectivity index (χ2n) is 5.61. The molecule has 1 saturated heterocycles. The third kappa shape index (κ3) is 4.56. The summed E-state index contributed by atoms with van der Waals surface area (Å²) in [6.07, 6.45) is 0.537. The van der Waals surface area contributed by atoms with Gasteiger partial charge in [0.25, 0.3) is 5.91 Å². The van der Waals surface area contributed by atoms with Crippen LogP contribution in [0, 0.1) is 5.92 Å². The topological polar surface area (TPSA) is 102 Å². The molecule has 0 aromatic heterocycles. The second kappa shape index (κ2) is 8.27. The fourth-order valence-corrected chi connectivity index (χ4v) is 2.38. The lowest BCUT2D eigenvalue weighted by Gasteiger charge is -2.10. The summed E-state index contributed by atoms with van der Waals surface area (Å²) in [4.78, 5) is 47.5. The van der Waals surface area contributed by atoms with E-state index in [0.29, 0.717) is 30.9 Å². The minimum atomic E-state index is -0.927. The fourth-order valence-electron chi connectivity index (χ4n) is 2.38. The molecule has 1 aromatic carbocycles. The number of ketones is 1. The van der Waals surface area contributed by atoms with Crippen molar-refractivity contribution in [1.29, 1.82) is 0 Å². The van der Waals surface area contributed by atoms with Gasteiger partial charge in [0.15, 0.2) is 0 Å². The molecule has 8 heteroatoms. The third-order valence-corrected chi connectivity index (χ3v) is 3.81. The van der Waals surface area contributed by atoms with Crippen molar-refractivity contribution in [2.75, 3.05) is 33.9 Å². The molecule has 1 unspecified atom stereocenters. The third-order valence-electron chi connectivity index (χ3n) is 3.81. The molecule has 0 spiro atoms. The van der Waals surface area contributed by atoms with Crippen LogP contribution in [-0.2, 0) is 19.1 Å². The summed E-state index contributed by atoms with van der Waals surface area (Å²) in [5, 5.41) is 2.63. The number of likely N-dealkylation sites (tertiary alicyclic amines) is 1. The lowest BCUT2D eigenvalue weighted by atomic mass is 10.1. The van der Waals surface area contributed by atoms with Gasteiger partial charge in [0, 0.05) is 20.1 Å². The number of esters is 1. The quantitative estimate of drug-likeness (QED) is 0.322. The molecule has 0 saturated carbocycles. The number of amides is 2. The average Bonchev–Trinajstić information content (AvgIpc) is 2.88. The molecule has 0 radical (unpaired) electrons. The lowest BCUT2D eigenvalue weighted by Crippen LogP contribution is -2.36. The summed E-state index contributed by atoms with van der Waals surface area (Å²) in [6.45, 7) is 0.808. The Hall–Kier alpha value is -2.90. The number of hydrogen-bond acceptors (Lipinski definition) is 6. The summed E-state index contributed by atoms with van der Waals surface area (Å²) in [6, 6.07) is 6.51. The van der Waals surface area contributed by atoms with Gasteiger partial charge in [0.05, 0.1) is 19.3 Å². The summed E-state index contributed by atoms with van der Waals surface area (Å²) < 4.78 is 10.1. The Morgan fingerprint density at radius 1 is 1.24 bits per heavy atom. The largest absolute Gasteiger partial charge is 0.494 e. The summed E-state index contributed by atoms with van der Waals surface area (Å²) in [7, 11) is 2.81. The van der Waals surface area contributed by atoms with E-state index in [4.69, 9.17) is 4.74 Å². The molecule has 134 valence electrons. The van der Waals surface area contributed by atoms with Gasteiger partial charge in [-0.05, 0) is 30.7 Å². The van der Waals surface area contributed by atoms with Crippen LogP contribution in [0.2, 0.25) is 0 Å². The molecular weight excluding hydrogens is 328 g/mol. The Bertz CT molecular complexity index is 670. The molecule has 0 bridgehead atoms. The van der Waals surface area contributed by atoms with Crippen molar-refractivity contribution in [3.8, 4) is 5.75 Å². The number of methoxy groups -OCH3 is 1. The van der Waals surface area contributed by atoms with Crippen LogP contribution in [0.4, 0.5) is 0 Å². The first-order valence-electron chi connectivity index (χ1n) is 7.82. The number of likely N-dealkylation sites (N-methyl/N-ethyl adjacent to an activating group) is 1. The maximum atomic E-state index is 11.9. The van der Waals surface area contributed by atoms with Crippen LogP contribution in [0.5, 0.6) is 5.75 Å². The second-order valence-corrected chi connectivity index (χ2v) is 5.61. The summed E-state index contributed by atoms with van der Waals surface area (Å²) >= 11 is 0. The number of rotatable bonds is 7. The van der Waals surface area contributed by atoms with E-state index in [9.17, 15) is 19.2 Å². The molecule has 1 fully saturated rings. The number of hydrogen-bond donors (Lipinski definition) is 1. The minimum Gasteiger partial charge on any atom is -0.494 e. The highest BCUT2D eigenvalue weighted by atomic mass is 16.5. The van der Waals surface area contributed by atoms with Crippen molar-refractivity contribution in [2.24, 2.45) is 5.92 Å². The van der Waals surface area contributed by atoms with Crippen LogP contribution in [0.1, 0.15) is 16.8 Å². The molecular formula is C17H20N2O6. The molecule has 1 atom stereocenters. The zero-order chi connectivity index (χ0) is 18.4. The lowest BCUT2D eigenvalue weighted by molar-refractivity contribution is -0.142. The highest BCUT2D eigenvalue weighted by molar-refractivity contribution is 6.42. The molecule has 1 aliphatic rings. The molecule has 2 amide bonds. The first kappa shape index (κ1) is 18.4. The summed E-state index contributed by atoms with van der Waals surface area (Å²) in [5.74, 6) is -2.48. The Morgan fingerprint density at radius 3 is 2.48 bits per heavy atom. The predicted octanol–water partition coefficient (Wildman–Crippen LogP) is 0.0156. The first-order valence-corrected chi connectivity index (χ1v) is 7.82. The van der Waals surface area contributed by atoms with E-state index in [1.807, 2.05) is 0 Å². The van der Waals surface area contributed by atoms with Crippen LogP contribution in [0.25, 0.3) is 0 Å². The zero-order valence-electron chi connectivity index (χ0n) is 14.1. The molecule has 1 aliphatic heterocycles. The average molecular weight is 348 g/mol. The van der Waals surface area contributed by atoms with Crippen LogP contribution in [0.15, 0.2) is 24.3 Å². The molecule has 8 nitrogen and oxygen atoms in total. The zero-order valence-corrected chi connectivity index (χ0v) is 14.1. The molecule has 1 heterocycles. The van der Waals surface area contributed by atoms with Crippen molar-refractivity contribution >= 4 is 23.6 Å². The van der Waals surface area contributed by atoms with Crippen LogP contribution >= 0.6 is 0 Å². The van der Waals surface area contributed by atoms with Gasteiger partial charge in [0.2, 0.25) is 11.7 Å². The van der Waals surface area contributed by atoms with E-state index < -0.39 is 29.5 Å². The number of benzene rings is 1. The van der Waals surface area contributed by atoms with Crippen LogP contribution in [-0.4, -0.2) is 62.3 Å². The van der Waals surface area contributed by atoms with Crippen LogP contribution in [0.3, 0.4) is 0 Å². The van der Waals surface area contributed by atoms with Crippen molar-refractivity contribution in [2.45, 2.75) is 6.42 Å². The van der Waals surface area contributed by atoms with Crippen molar-refractivity contribution < 1.29 is 28.7 Å². The Labute approximate surface area is 145 Å². The van der Waals surface area contributed by atoms with E-state index in [1.54, 1.807) is 24.3 Å². The van der Waals surface area contributed by atoms with E-state index in [-0.39, 0.29) is 6.54 Å². The fraction of sp³-hybridized carbons (Fsp3) is 0.412. The molecule has 0 aliphatic carbocycles. The summed E-state index contributed by atoms with van der Waals surface area (Å²) in [5.41, 5.74) is 0.433. The van der Waals surface area contributed by atoms with Crippen molar-refractivity contribution in [3.05, 3.63) is 29.8 Å². The Kier molecular flexibility index (Phi) is 6.10. The number of carbonyl (C=O) groups is 4. The van der Waals surface area contributed by atoms with Gasteiger partial charge in [-0.1, -0.05) is 0 Å². The van der Waals surface area contributed by atoms with Gasteiger partial charge in [-0.3, -0.25) is 14.4 Å². The molecule has 1 aromatic rings. The normalized spacial score (nSPS) is 16.7. The smallest absolute Gasteiger partial charge is 0.337 e. The van der Waals surface area contributed by atoms with E-state index in [2.05, 4.69) is 10.1 Å². The van der Waals surface area contributed by atoms with Gasteiger partial charge in [0.1, 0.15) is 11.7 Å². The van der Waals surface area contributed by atoms with Gasteiger partial charge < -0.3 is 19.7 Å². The highest BCUT2D eigenvalue weighted by Gasteiger charge is 2.41. The van der Waals surface area contributed by atoms with Gasteiger partial charge in [-0.2, -0.15) is 0 Å². The van der Waals surface area contributed by atoms with Crippen LogP contribution < -0.4 is 10.1 Å². The van der Waals surface area contributed by atoms with Gasteiger partial charge >= 0.3 is 5.97 Å². The maximum Gasteiger partial charge on any atom is 0.337 e. The van der Waals surface area contributed by atoms with Gasteiger partial charge in [-0.15, -0.1) is 0 Å². The number of nitrogens with one attached hydrogen (secondary N) is 1. The molecule has 25 heavy (non-hydrogen) atoms. The monoisotopic (exact) mass is 348 g/mol. The minimum absolute atomic E-state index is 0.118. The van der Waals surface area contributed by atoms with Crippen molar-refractivity contribution in [3.63, 3.8) is 0 Å². The van der Waals surface area contributed by atoms with E-state index >= 15 is 0 Å². The maximum absolute atomic E-state index is 11.9. The first-order chi connectivity index (χ1) is 11.9. The Morgan fingerprint density at radius 2 is 1.92 bits per heavy atom. The SMILES string of the molecule is COC(=O)c1ccc(OCCCNC(=O)C2CN(C)C(=O)C2=O)cc1. The van der Waals surface area contributed by atoms with Gasteiger partial charge in [-0.25, -0.2) is 4.79 Å². The number of Topliss-reactive ketones (excluding diaryl/α,β-unsaturated/α-hetero) is 1. The predicted molar refractivity (Wildman–Crippen MR) is 87.0 cm³/mol. The molecule has 1 N–H and O–H groups in total. The standard InChI is InChI=1S/C17H20N2O6/c1-19-10-13(14(20)16(19)22)15(21)18-8-3-9-25-12-6-4-11(5-7-12)17(23)24-2/h4-7,13H,3,8-10H2,1-2H3,(H,18,21). The van der Waals surface area contributed by atoms with Crippen molar-refractivity contribution in [1.82, 2.24) is 10.2 Å². The van der Waals surface area contributed by atoms with E-state index in [0.717, 1.165) is 0 Å².